The molecule has 1 atom stereocenters. The van der Waals surface area contributed by atoms with Crippen LogP contribution in [-0.4, -0.2) is 43.9 Å². The molecule has 0 rings (SSSR count). The standard InChI is InChI=1S/C11H23N3O2/c1-4-5-9(8-12)11(16)13-7-6-10(15)14(2)3/h9H,4-8,12H2,1-3H3,(H,13,16). The van der Waals surface area contributed by atoms with Crippen LogP contribution >= 0.6 is 0 Å². The van der Waals surface area contributed by atoms with Gasteiger partial charge in [0.25, 0.3) is 0 Å². The van der Waals surface area contributed by atoms with Crippen molar-refractivity contribution in [3.05, 3.63) is 0 Å². The summed E-state index contributed by atoms with van der Waals surface area (Å²) in [7, 11) is 3.40. The van der Waals surface area contributed by atoms with Crippen molar-refractivity contribution in [2.45, 2.75) is 26.2 Å². The molecule has 0 bridgehead atoms. The van der Waals surface area contributed by atoms with Gasteiger partial charge >= 0.3 is 0 Å². The van der Waals surface area contributed by atoms with E-state index in [2.05, 4.69) is 5.32 Å². The number of nitrogens with one attached hydrogen (secondary N) is 1. The largest absolute Gasteiger partial charge is 0.355 e. The molecule has 0 aliphatic heterocycles. The Morgan fingerprint density at radius 2 is 2.00 bits per heavy atom. The third-order valence-electron chi connectivity index (χ3n) is 2.43. The third kappa shape index (κ3) is 5.70. The number of carbonyl (C=O) groups is 2. The highest BCUT2D eigenvalue weighted by molar-refractivity contribution is 5.80. The lowest BCUT2D eigenvalue weighted by molar-refractivity contribution is -0.129. The van der Waals surface area contributed by atoms with Gasteiger partial charge in [-0.3, -0.25) is 9.59 Å². The van der Waals surface area contributed by atoms with Gasteiger partial charge in [0.2, 0.25) is 11.8 Å². The summed E-state index contributed by atoms with van der Waals surface area (Å²) in [5, 5.41) is 2.74. The van der Waals surface area contributed by atoms with E-state index in [1.54, 1.807) is 14.1 Å². The molecule has 0 fully saturated rings. The van der Waals surface area contributed by atoms with Crippen LogP contribution in [0.2, 0.25) is 0 Å². The van der Waals surface area contributed by atoms with E-state index >= 15 is 0 Å². The van der Waals surface area contributed by atoms with Crippen LogP contribution in [0.3, 0.4) is 0 Å². The zero-order valence-corrected chi connectivity index (χ0v) is 10.5. The molecule has 3 N–H and O–H groups in total. The first-order chi connectivity index (χ1) is 7.52. The Labute approximate surface area is 97.4 Å². The van der Waals surface area contributed by atoms with Crippen molar-refractivity contribution in [2.75, 3.05) is 27.2 Å². The molecule has 0 saturated carbocycles. The van der Waals surface area contributed by atoms with Gasteiger partial charge in [-0.2, -0.15) is 0 Å². The molecule has 0 radical (unpaired) electrons. The molecule has 16 heavy (non-hydrogen) atoms. The quantitative estimate of drug-likeness (QED) is 0.643. The lowest BCUT2D eigenvalue weighted by atomic mass is 10.0. The summed E-state index contributed by atoms with van der Waals surface area (Å²) >= 11 is 0. The molecule has 94 valence electrons. The Hall–Kier alpha value is -1.10. The number of nitrogens with two attached hydrogens (primary N) is 1. The number of carbonyl (C=O) groups excluding carboxylic acids is 2. The highest BCUT2D eigenvalue weighted by Crippen LogP contribution is 2.04. The monoisotopic (exact) mass is 229 g/mol. The summed E-state index contributed by atoms with van der Waals surface area (Å²) in [5.41, 5.74) is 5.50. The number of nitrogens with zero attached hydrogens (tertiary/aromatic N) is 1. The molecule has 0 aromatic rings. The number of hydrogen-bond donors (Lipinski definition) is 2. The van der Waals surface area contributed by atoms with E-state index in [0.29, 0.717) is 19.5 Å². The molecule has 5 nitrogen and oxygen atoms in total. The minimum Gasteiger partial charge on any atom is -0.355 e. The fourth-order valence-electron chi connectivity index (χ4n) is 1.37. The Kier molecular flexibility index (Phi) is 7.54. The molecular weight excluding hydrogens is 206 g/mol. The molecule has 0 aliphatic carbocycles. The SMILES string of the molecule is CCCC(CN)C(=O)NCCC(=O)N(C)C. The molecule has 0 aliphatic rings. The summed E-state index contributed by atoms with van der Waals surface area (Å²) in [6.07, 6.45) is 2.07. The lowest BCUT2D eigenvalue weighted by Crippen LogP contribution is -2.37. The minimum absolute atomic E-state index is 0.0140. The molecule has 5 heteroatoms. The second-order valence-corrected chi connectivity index (χ2v) is 4.05. The summed E-state index contributed by atoms with van der Waals surface area (Å²) in [6.45, 7) is 2.77. The van der Waals surface area contributed by atoms with Crippen LogP contribution in [0.15, 0.2) is 0 Å². The van der Waals surface area contributed by atoms with Crippen LogP contribution in [0.1, 0.15) is 26.2 Å². The van der Waals surface area contributed by atoms with Gasteiger partial charge < -0.3 is 16.0 Å². The number of amides is 2. The van der Waals surface area contributed by atoms with Crippen LogP contribution in [0.25, 0.3) is 0 Å². The average Bonchev–Trinajstić information content (AvgIpc) is 2.25. The van der Waals surface area contributed by atoms with Gasteiger partial charge in [-0.1, -0.05) is 13.3 Å². The molecule has 0 aromatic heterocycles. The van der Waals surface area contributed by atoms with E-state index in [-0.39, 0.29) is 17.7 Å². The zero-order chi connectivity index (χ0) is 12.6. The first-order valence-electron chi connectivity index (χ1n) is 5.70. The number of rotatable bonds is 7. The van der Waals surface area contributed by atoms with Gasteiger partial charge in [0, 0.05) is 33.6 Å². The van der Waals surface area contributed by atoms with Crippen LogP contribution in [0.5, 0.6) is 0 Å². The van der Waals surface area contributed by atoms with E-state index in [1.165, 1.54) is 4.90 Å². The van der Waals surface area contributed by atoms with Crippen molar-refractivity contribution in [2.24, 2.45) is 11.7 Å². The summed E-state index contributed by atoms with van der Waals surface area (Å²) in [6, 6.07) is 0. The van der Waals surface area contributed by atoms with Crippen molar-refractivity contribution >= 4 is 11.8 Å². The van der Waals surface area contributed by atoms with Crippen molar-refractivity contribution in [3.63, 3.8) is 0 Å². The summed E-state index contributed by atoms with van der Waals surface area (Å²) in [4.78, 5) is 24.4. The highest BCUT2D eigenvalue weighted by Gasteiger charge is 2.15. The molecule has 2 amide bonds. The molecule has 0 aromatic carbocycles. The van der Waals surface area contributed by atoms with Crippen molar-refractivity contribution in [1.29, 1.82) is 0 Å². The normalized spacial score (nSPS) is 12.0. The fraction of sp³-hybridized carbons (Fsp3) is 0.818. The lowest BCUT2D eigenvalue weighted by Gasteiger charge is -2.14. The van der Waals surface area contributed by atoms with Crippen molar-refractivity contribution in [3.8, 4) is 0 Å². The van der Waals surface area contributed by atoms with E-state index in [1.807, 2.05) is 6.92 Å². The van der Waals surface area contributed by atoms with Gasteiger partial charge in [-0.15, -0.1) is 0 Å². The third-order valence-corrected chi connectivity index (χ3v) is 2.43. The highest BCUT2D eigenvalue weighted by atomic mass is 16.2. The predicted octanol–water partition coefficient (Wildman–Crippen LogP) is -0.0441. The maximum absolute atomic E-state index is 11.6. The number of hydrogen-bond acceptors (Lipinski definition) is 3. The fourth-order valence-corrected chi connectivity index (χ4v) is 1.37. The second kappa shape index (κ2) is 8.10. The topological polar surface area (TPSA) is 75.4 Å². The average molecular weight is 229 g/mol. The van der Waals surface area contributed by atoms with Gasteiger partial charge in [0.15, 0.2) is 0 Å². The second-order valence-electron chi connectivity index (χ2n) is 4.05. The zero-order valence-electron chi connectivity index (χ0n) is 10.5. The summed E-state index contributed by atoms with van der Waals surface area (Å²) < 4.78 is 0. The molecule has 0 heterocycles. The van der Waals surface area contributed by atoms with Gasteiger partial charge in [-0.05, 0) is 6.42 Å². The van der Waals surface area contributed by atoms with Crippen LogP contribution < -0.4 is 11.1 Å². The maximum atomic E-state index is 11.6. The van der Waals surface area contributed by atoms with Gasteiger partial charge in [0.1, 0.15) is 0 Å². The Morgan fingerprint density at radius 1 is 1.38 bits per heavy atom. The van der Waals surface area contributed by atoms with Gasteiger partial charge in [-0.25, -0.2) is 0 Å². The van der Waals surface area contributed by atoms with E-state index in [0.717, 1.165) is 12.8 Å². The Balaban J connectivity index is 3.83. The molecule has 0 spiro atoms. The van der Waals surface area contributed by atoms with E-state index < -0.39 is 0 Å². The Morgan fingerprint density at radius 3 is 2.44 bits per heavy atom. The first-order valence-corrected chi connectivity index (χ1v) is 5.70. The smallest absolute Gasteiger partial charge is 0.224 e. The molecule has 1 unspecified atom stereocenters. The van der Waals surface area contributed by atoms with E-state index in [9.17, 15) is 9.59 Å². The van der Waals surface area contributed by atoms with Crippen molar-refractivity contribution < 1.29 is 9.59 Å². The minimum atomic E-state index is -0.126. The first kappa shape index (κ1) is 14.9. The van der Waals surface area contributed by atoms with E-state index in [4.69, 9.17) is 5.73 Å². The van der Waals surface area contributed by atoms with Crippen LogP contribution in [0, 0.1) is 5.92 Å². The maximum Gasteiger partial charge on any atom is 0.224 e. The summed E-state index contributed by atoms with van der Waals surface area (Å²) in [5.74, 6) is -0.157. The van der Waals surface area contributed by atoms with Crippen LogP contribution in [-0.2, 0) is 9.59 Å². The van der Waals surface area contributed by atoms with Gasteiger partial charge in [0.05, 0.1) is 5.92 Å². The molecular formula is C11H23N3O2. The Bertz CT molecular complexity index is 229. The molecule has 0 saturated heterocycles. The van der Waals surface area contributed by atoms with Crippen molar-refractivity contribution in [1.82, 2.24) is 10.2 Å². The van der Waals surface area contributed by atoms with Crippen LogP contribution in [0.4, 0.5) is 0 Å². The predicted molar refractivity (Wildman–Crippen MR) is 63.8 cm³/mol.